The smallest absolute Gasteiger partial charge is 0.331 e. The molecule has 1 saturated heterocycles. The predicted octanol–water partition coefficient (Wildman–Crippen LogP) is -3.15. The van der Waals surface area contributed by atoms with E-state index in [0.717, 1.165) is 12.3 Å². The van der Waals surface area contributed by atoms with E-state index in [0.29, 0.717) is 4.57 Å². The Labute approximate surface area is 150 Å². The first-order chi connectivity index (χ1) is 12.3. The van der Waals surface area contributed by atoms with E-state index in [1.807, 2.05) is 4.98 Å². The van der Waals surface area contributed by atoms with Gasteiger partial charge in [-0.05, 0) is 0 Å². The van der Waals surface area contributed by atoms with Crippen molar-refractivity contribution in [1.29, 1.82) is 0 Å². The first kappa shape index (κ1) is 22.1. The molecule has 0 aromatic carbocycles. The molecule has 0 aliphatic carbocycles. The number of aliphatic hydroxyl groups excluding tert-OH is 3. The molecule has 27 heavy (non-hydrogen) atoms. The van der Waals surface area contributed by atoms with Crippen LogP contribution in [0, 0.1) is 0 Å². The number of aliphatic hydroxyl groups is 3. The SMILES string of the molecule is O=c1ccn([C@@H]2O[C@H](C(O)OP(=O)(O)CCP(=O)(O)O)[C@@H](O)[C@H]2O)c(=O)[nH]1. The van der Waals surface area contributed by atoms with Gasteiger partial charge in [-0.3, -0.25) is 28.0 Å². The number of nitrogens with one attached hydrogen (secondary N) is 1. The van der Waals surface area contributed by atoms with E-state index in [4.69, 9.17) is 14.5 Å². The number of aromatic amines is 1. The molecule has 1 fully saturated rings. The van der Waals surface area contributed by atoms with Crippen molar-refractivity contribution >= 4 is 15.2 Å². The van der Waals surface area contributed by atoms with Gasteiger partial charge in [0.05, 0.1) is 12.3 Å². The zero-order valence-corrected chi connectivity index (χ0v) is 15.2. The van der Waals surface area contributed by atoms with Gasteiger partial charge in [-0.25, -0.2) is 4.79 Å². The van der Waals surface area contributed by atoms with Crippen LogP contribution in [0.2, 0.25) is 0 Å². The molecule has 0 amide bonds. The van der Waals surface area contributed by atoms with Gasteiger partial charge in [0.1, 0.15) is 18.3 Å². The van der Waals surface area contributed by atoms with Gasteiger partial charge in [0.25, 0.3) is 5.56 Å². The van der Waals surface area contributed by atoms with E-state index in [1.54, 1.807) is 0 Å². The molecule has 0 radical (unpaired) electrons. The Morgan fingerprint density at radius 1 is 1.19 bits per heavy atom. The summed E-state index contributed by atoms with van der Waals surface area (Å²) in [6.45, 7) is 0. The van der Waals surface area contributed by atoms with Crippen molar-refractivity contribution in [2.24, 2.45) is 0 Å². The number of hydrogen-bond donors (Lipinski definition) is 7. The highest BCUT2D eigenvalue weighted by atomic mass is 31.2. The van der Waals surface area contributed by atoms with Crippen LogP contribution >= 0.6 is 15.2 Å². The van der Waals surface area contributed by atoms with Gasteiger partial charge in [-0.15, -0.1) is 0 Å². The molecule has 1 aromatic rings. The highest BCUT2D eigenvalue weighted by Crippen LogP contribution is 2.48. The van der Waals surface area contributed by atoms with Crippen molar-refractivity contribution in [3.05, 3.63) is 33.1 Å². The lowest BCUT2D eigenvalue weighted by atomic mass is 10.1. The van der Waals surface area contributed by atoms with Gasteiger partial charge in [-0.2, -0.15) is 0 Å². The van der Waals surface area contributed by atoms with Crippen LogP contribution in [0.15, 0.2) is 21.9 Å². The maximum absolute atomic E-state index is 11.8. The zero-order chi connectivity index (χ0) is 20.6. The summed E-state index contributed by atoms with van der Waals surface area (Å²) in [5, 5.41) is 29.9. The summed E-state index contributed by atoms with van der Waals surface area (Å²) >= 11 is 0. The molecule has 2 rings (SSSR count). The Balaban J connectivity index is 2.12. The predicted molar refractivity (Wildman–Crippen MR) is 85.9 cm³/mol. The standard InChI is InChI=1S/C11H18N2O12P2/c14-5-1-2-13(11(18)12-5)9-7(16)6(15)8(24-9)10(17)25-27(22,23)4-3-26(19,20)21/h1-2,6-10,15-17H,3-4H2,(H,22,23)(H,12,14,18)(H2,19,20,21)/t6-,7+,8-,9+,10?/m0/s1. The summed E-state index contributed by atoms with van der Waals surface area (Å²) in [4.78, 5) is 51.7. The topological polar surface area (TPSA) is 229 Å². The summed E-state index contributed by atoms with van der Waals surface area (Å²) < 4.78 is 32.8. The highest BCUT2D eigenvalue weighted by Gasteiger charge is 2.49. The van der Waals surface area contributed by atoms with Gasteiger partial charge in [-0.1, -0.05) is 0 Å². The quantitative estimate of drug-likeness (QED) is 0.167. The molecule has 14 nitrogen and oxygen atoms in total. The number of aromatic nitrogens is 2. The van der Waals surface area contributed by atoms with Crippen LogP contribution in [-0.4, -0.2) is 76.5 Å². The van der Waals surface area contributed by atoms with Gasteiger partial charge in [0, 0.05) is 12.3 Å². The van der Waals surface area contributed by atoms with Crippen LogP contribution in [0.4, 0.5) is 0 Å². The fraction of sp³-hybridized carbons (Fsp3) is 0.636. The lowest BCUT2D eigenvalue weighted by molar-refractivity contribution is -0.157. The molecule has 6 atom stereocenters. The van der Waals surface area contributed by atoms with E-state index >= 15 is 0 Å². The molecule has 2 unspecified atom stereocenters. The highest BCUT2D eigenvalue weighted by molar-refractivity contribution is 7.56. The molecule has 1 aliphatic rings. The van der Waals surface area contributed by atoms with Crippen molar-refractivity contribution in [1.82, 2.24) is 9.55 Å². The third-order valence-corrected chi connectivity index (χ3v) is 6.12. The van der Waals surface area contributed by atoms with Crippen molar-refractivity contribution in [3.63, 3.8) is 0 Å². The van der Waals surface area contributed by atoms with Crippen LogP contribution in [0.5, 0.6) is 0 Å². The second-order valence-electron chi connectivity index (χ2n) is 5.74. The Morgan fingerprint density at radius 3 is 2.37 bits per heavy atom. The Hall–Kier alpha value is -1.18. The second kappa shape index (κ2) is 8.05. The van der Waals surface area contributed by atoms with Crippen molar-refractivity contribution < 1.29 is 48.4 Å². The van der Waals surface area contributed by atoms with Gasteiger partial charge >= 0.3 is 20.9 Å². The van der Waals surface area contributed by atoms with Crippen LogP contribution in [0.1, 0.15) is 6.23 Å². The Kier molecular flexibility index (Phi) is 6.59. The molecule has 0 bridgehead atoms. The lowest BCUT2D eigenvalue weighted by Crippen LogP contribution is -2.40. The maximum atomic E-state index is 11.8. The van der Waals surface area contributed by atoms with Crippen LogP contribution < -0.4 is 11.2 Å². The molecule has 0 spiro atoms. The fourth-order valence-electron chi connectivity index (χ4n) is 2.32. The summed E-state index contributed by atoms with van der Waals surface area (Å²) in [7, 11) is -9.28. The first-order valence-corrected chi connectivity index (χ1v) is 10.9. The molecule has 154 valence electrons. The van der Waals surface area contributed by atoms with Gasteiger partial charge in [0.2, 0.25) is 0 Å². The minimum atomic E-state index is -4.68. The monoisotopic (exact) mass is 432 g/mol. The summed E-state index contributed by atoms with van der Waals surface area (Å²) in [6.07, 6.45) is -10.2. The van der Waals surface area contributed by atoms with E-state index in [2.05, 4.69) is 4.52 Å². The Bertz CT molecular complexity index is 877. The van der Waals surface area contributed by atoms with E-state index in [1.165, 1.54) is 0 Å². The van der Waals surface area contributed by atoms with Gasteiger partial charge in [0.15, 0.2) is 12.5 Å². The molecule has 1 aromatic heterocycles. The summed E-state index contributed by atoms with van der Waals surface area (Å²) in [5.41, 5.74) is -1.71. The number of nitrogens with zero attached hydrogens (tertiary/aromatic N) is 1. The van der Waals surface area contributed by atoms with E-state index in [-0.39, 0.29) is 0 Å². The largest absolute Gasteiger partial charge is 0.387 e. The number of hydrogen-bond acceptors (Lipinski definition) is 9. The average molecular weight is 432 g/mol. The third kappa shape index (κ3) is 5.65. The molecule has 16 heteroatoms. The molecule has 1 aliphatic heterocycles. The van der Waals surface area contributed by atoms with Crippen molar-refractivity contribution in [3.8, 4) is 0 Å². The summed E-state index contributed by atoms with van der Waals surface area (Å²) in [5.74, 6) is 0. The van der Waals surface area contributed by atoms with E-state index < -0.39 is 69.6 Å². The van der Waals surface area contributed by atoms with Crippen LogP contribution in [0.3, 0.4) is 0 Å². The molecular weight excluding hydrogens is 414 g/mol. The lowest BCUT2D eigenvalue weighted by Gasteiger charge is -2.23. The minimum Gasteiger partial charge on any atom is -0.387 e. The average Bonchev–Trinajstić information content (AvgIpc) is 2.81. The second-order valence-corrected chi connectivity index (χ2v) is 9.44. The Morgan fingerprint density at radius 2 is 1.81 bits per heavy atom. The maximum Gasteiger partial charge on any atom is 0.331 e. The number of rotatable bonds is 7. The third-order valence-electron chi connectivity index (χ3n) is 3.63. The molecular formula is C11H18N2O12P2. The first-order valence-electron chi connectivity index (χ1n) is 7.37. The zero-order valence-electron chi connectivity index (χ0n) is 13.4. The van der Waals surface area contributed by atoms with E-state index in [9.17, 15) is 38.9 Å². The minimum absolute atomic E-state index is 0.717. The van der Waals surface area contributed by atoms with Crippen LogP contribution in [0.25, 0.3) is 0 Å². The molecule has 2 heterocycles. The molecule has 7 N–H and O–H groups in total. The normalized spacial score (nSPS) is 29.4. The number of H-pyrrole nitrogens is 1. The summed E-state index contributed by atoms with van der Waals surface area (Å²) in [6, 6.07) is 0.939. The molecule has 0 saturated carbocycles. The fourth-order valence-corrected chi connectivity index (χ4v) is 4.93. The van der Waals surface area contributed by atoms with Crippen molar-refractivity contribution in [2.75, 3.05) is 12.3 Å². The van der Waals surface area contributed by atoms with Gasteiger partial charge < -0.3 is 34.7 Å². The number of ether oxygens (including phenoxy) is 1. The van der Waals surface area contributed by atoms with Crippen LogP contribution in [-0.2, 0) is 18.4 Å². The van der Waals surface area contributed by atoms with Crippen molar-refractivity contribution in [2.45, 2.75) is 30.8 Å².